The van der Waals surface area contributed by atoms with Crippen LogP contribution in [0.2, 0.25) is 0 Å². The molecule has 0 amide bonds. The Kier molecular flexibility index (Phi) is 2.82. The number of rotatable bonds is 2. The summed E-state index contributed by atoms with van der Waals surface area (Å²) >= 11 is 1.91. The van der Waals surface area contributed by atoms with Gasteiger partial charge in [-0.2, -0.15) is 0 Å². The number of H-pyrrole nitrogens is 1. The molecule has 2 N–H and O–H groups in total. The number of thioether (sulfide) groups is 1. The van der Waals surface area contributed by atoms with Crippen LogP contribution in [0.15, 0.2) is 23.1 Å². The molecule has 2 rings (SSSR count). The van der Waals surface area contributed by atoms with Crippen molar-refractivity contribution in [1.82, 2.24) is 15.3 Å². The first-order valence-corrected chi connectivity index (χ1v) is 5.78. The molecule has 3 nitrogen and oxygen atoms in total. The van der Waals surface area contributed by atoms with E-state index in [1.807, 2.05) is 18.0 Å². The van der Waals surface area contributed by atoms with Crippen LogP contribution in [0.4, 0.5) is 0 Å². The van der Waals surface area contributed by atoms with E-state index in [2.05, 4.69) is 29.1 Å². The molecular weight excluding hydrogens is 194 g/mol. The molecule has 0 aliphatic carbocycles. The van der Waals surface area contributed by atoms with Crippen LogP contribution in [0, 0.1) is 0 Å². The number of nitrogens with zero attached hydrogens (tertiary/aromatic N) is 1. The van der Waals surface area contributed by atoms with Crippen LogP contribution in [0.3, 0.4) is 0 Å². The lowest BCUT2D eigenvalue weighted by Gasteiger charge is -2.08. The highest BCUT2D eigenvalue weighted by atomic mass is 32.2. The van der Waals surface area contributed by atoms with E-state index in [9.17, 15) is 0 Å². The van der Waals surface area contributed by atoms with E-state index in [1.54, 1.807) is 6.33 Å². The molecule has 1 aliphatic heterocycles. The first-order chi connectivity index (χ1) is 6.75. The number of hydrogen-bond acceptors (Lipinski definition) is 3. The van der Waals surface area contributed by atoms with E-state index < -0.39 is 0 Å². The van der Waals surface area contributed by atoms with Gasteiger partial charge < -0.3 is 10.3 Å². The zero-order chi connectivity index (χ0) is 9.97. The Hall–Kier alpha value is -0.900. The van der Waals surface area contributed by atoms with Gasteiger partial charge in [0.25, 0.3) is 0 Å². The third-order valence-corrected chi connectivity index (χ3v) is 3.62. The van der Waals surface area contributed by atoms with Crippen molar-refractivity contribution in [3.63, 3.8) is 0 Å². The van der Waals surface area contributed by atoms with E-state index >= 15 is 0 Å². The van der Waals surface area contributed by atoms with Gasteiger partial charge in [-0.3, -0.25) is 0 Å². The lowest BCUT2D eigenvalue weighted by atomic mass is 10.2. The van der Waals surface area contributed by atoms with Crippen LogP contribution < -0.4 is 5.32 Å². The molecule has 0 bridgehead atoms. The normalized spacial score (nSPS) is 21.0. The smallest absolute Gasteiger partial charge is 0.0921 e. The second kappa shape index (κ2) is 4.09. The van der Waals surface area contributed by atoms with Gasteiger partial charge in [0.15, 0.2) is 0 Å². The summed E-state index contributed by atoms with van der Waals surface area (Å²) in [6.45, 7) is 4.29. The summed E-state index contributed by atoms with van der Waals surface area (Å²) in [5, 5.41) is 4.87. The summed E-state index contributed by atoms with van der Waals surface area (Å²) in [5.41, 5.74) is 2.58. The Bertz CT molecular complexity index is 325. The fraction of sp³-hybridized carbons (Fsp3) is 0.500. The topological polar surface area (TPSA) is 40.7 Å². The van der Waals surface area contributed by atoms with Crippen molar-refractivity contribution in [1.29, 1.82) is 0 Å². The molecule has 1 aliphatic rings. The molecule has 4 heteroatoms. The molecule has 2 heterocycles. The van der Waals surface area contributed by atoms with Crippen LogP contribution >= 0.6 is 11.8 Å². The quantitative estimate of drug-likeness (QED) is 0.781. The highest BCUT2D eigenvalue weighted by molar-refractivity contribution is 8.03. The molecular formula is C10H15N3S. The predicted molar refractivity (Wildman–Crippen MR) is 60.0 cm³/mol. The molecule has 0 radical (unpaired) electrons. The van der Waals surface area contributed by atoms with Gasteiger partial charge in [0, 0.05) is 30.1 Å². The minimum absolute atomic E-state index is 0.547. The zero-order valence-corrected chi connectivity index (χ0v) is 9.32. The molecule has 1 atom stereocenters. The van der Waals surface area contributed by atoms with Gasteiger partial charge in [0.05, 0.1) is 11.4 Å². The molecule has 0 spiro atoms. The number of allylic oxidation sites excluding steroid dienone is 1. The number of imidazole rings is 1. The van der Waals surface area contributed by atoms with Crippen LogP contribution in [0.5, 0.6) is 0 Å². The third-order valence-electron chi connectivity index (χ3n) is 2.24. The van der Waals surface area contributed by atoms with Gasteiger partial charge in [-0.25, -0.2) is 4.98 Å². The predicted octanol–water partition coefficient (Wildman–Crippen LogP) is 1.91. The molecule has 1 fully saturated rings. The Morgan fingerprint density at radius 2 is 2.50 bits per heavy atom. The van der Waals surface area contributed by atoms with Crippen molar-refractivity contribution in [2.75, 3.05) is 5.75 Å². The Morgan fingerprint density at radius 3 is 3.07 bits per heavy atom. The number of hydrogen-bond donors (Lipinski definition) is 2. The van der Waals surface area contributed by atoms with E-state index in [4.69, 9.17) is 0 Å². The number of aromatic nitrogens is 2. The van der Waals surface area contributed by atoms with Crippen molar-refractivity contribution in [3.8, 4) is 0 Å². The van der Waals surface area contributed by atoms with Gasteiger partial charge in [-0.1, -0.05) is 0 Å². The maximum Gasteiger partial charge on any atom is 0.0921 e. The lowest BCUT2D eigenvalue weighted by Crippen LogP contribution is -2.25. The summed E-state index contributed by atoms with van der Waals surface area (Å²) in [5.74, 6) is 1.15. The highest BCUT2D eigenvalue weighted by Crippen LogP contribution is 2.26. The largest absolute Gasteiger partial charge is 0.376 e. The van der Waals surface area contributed by atoms with Crippen molar-refractivity contribution in [3.05, 3.63) is 28.8 Å². The molecule has 14 heavy (non-hydrogen) atoms. The average molecular weight is 209 g/mol. The minimum atomic E-state index is 0.547. The Labute approximate surface area is 88.4 Å². The Balaban J connectivity index is 1.94. The maximum absolute atomic E-state index is 4.02. The van der Waals surface area contributed by atoms with Crippen molar-refractivity contribution >= 4 is 11.8 Å². The van der Waals surface area contributed by atoms with E-state index in [1.165, 1.54) is 16.3 Å². The van der Waals surface area contributed by atoms with Gasteiger partial charge >= 0.3 is 0 Å². The second-order valence-corrected chi connectivity index (χ2v) is 4.79. The summed E-state index contributed by atoms with van der Waals surface area (Å²) in [6.07, 6.45) is 4.66. The van der Waals surface area contributed by atoms with E-state index in [0.717, 1.165) is 12.2 Å². The van der Waals surface area contributed by atoms with Gasteiger partial charge in [-0.15, -0.1) is 11.8 Å². The fourth-order valence-electron chi connectivity index (χ4n) is 1.51. The third kappa shape index (κ3) is 2.12. The molecule has 1 saturated heterocycles. The summed E-state index contributed by atoms with van der Waals surface area (Å²) in [6, 6.07) is 0.547. The van der Waals surface area contributed by atoms with E-state index in [-0.39, 0.29) is 0 Å². The molecule has 1 aromatic rings. The van der Waals surface area contributed by atoms with Gasteiger partial charge in [0.2, 0.25) is 0 Å². The first-order valence-electron chi connectivity index (χ1n) is 4.80. The summed E-state index contributed by atoms with van der Waals surface area (Å²) in [7, 11) is 0. The van der Waals surface area contributed by atoms with Gasteiger partial charge in [-0.05, 0) is 19.4 Å². The lowest BCUT2D eigenvalue weighted by molar-refractivity contribution is 0.646. The Morgan fingerprint density at radius 1 is 1.64 bits per heavy atom. The van der Waals surface area contributed by atoms with Crippen LogP contribution in [-0.2, 0) is 6.42 Å². The van der Waals surface area contributed by atoms with Crippen molar-refractivity contribution in [2.24, 2.45) is 0 Å². The second-order valence-electron chi connectivity index (χ2n) is 3.76. The number of aromatic amines is 1. The summed E-state index contributed by atoms with van der Waals surface area (Å²) < 4.78 is 0. The molecule has 0 aromatic carbocycles. The highest BCUT2D eigenvalue weighted by Gasteiger charge is 2.20. The molecule has 76 valence electrons. The zero-order valence-electron chi connectivity index (χ0n) is 8.50. The first kappa shape index (κ1) is 9.65. The number of nitrogens with one attached hydrogen (secondary N) is 2. The van der Waals surface area contributed by atoms with Crippen molar-refractivity contribution < 1.29 is 0 Å². The minimum Gasteiger partial charge on any atom is -0.376 e. The standard InChI is InChI=1S/C10H15N3S/c1-7(2)10-13-9(5-14-10)3-8-4-11-6-12-8/h4,6,9,13H,3,5H2,1-2H3,(H,11,12). The molecule has 0 saturated carbocycles. The summed E-state index contributed by atoms with van der Waals surface area (Å²) in [4.78, 5) is 7.15. The van der Waals surface area contributed by atoms with E-state index in [0.29, 0.717) is 6.04 Å². The monoisotopic (exact) mass is 209 g/mol. The van der Waals surface area contributed by atoms with Crippen LogP contribution in [0.1, 0.15) is 19.5 Å². The molecule has 1 unspecified atom stereocenters. The fourth-order valence-corrected chi connectivity index (χ4v) is 2.62. The van der Waals surface area contributed by atoms with Crippen molar-refractivity contribution in [2.45, 2.75) is 26.3 Å². The van der Waals surface area contributed by atoms with Crippen LogP contribution in [0.25, 0.3) is 0 Å². The van der Waals surface area contributed by atoms with Gasteiger partial charge in [0.1, 0.15) is 0 Å². The average Bonchev–Trinajstić information content (AvgIpc) is 2.75. The molecule has 1 aromatic heterocycles. The van der Waals surface area contributed by atoms with Crippen LogP contribution in [-0.4, -0.2) is 21.8 Å². The maximum atomic E-state index is 4.02. The SMILES string of the molecule is CC(C)=C1NC(Cc2cnc[nH]2)CS1.